The molecule has 0 bridgehead atoms. The van der Waals surface area contributed by atoms with Crippen molar-refractivity contribution in [1.82, 2.24) is 20.1 Å². The molecule has 1 atom stereocenters. The molecule has 2 aromatic heterocycles. The first-order chi connectivity index (χ1) is 10.6. The average molecular weight is 294 g/mol. The third-order valence-electron chi connectivity index (χ3n) is 3.61. The maximum atomic E-state index is 12.2. The van der Waals surface area contributed by atoms with Crippen molar-refractivity contribution in [3.05, 3.63) is 60.0 Å². The van der Waals surface area contributed by atoms with Crippen LogP contribution in [0.3, 0.4) is 0 Å². The Balaban J connectivity index is 1.66. The van der Waals surface area contributed by atoms with Crippen molar-refractivity contribution in [3.8, 4) is 0 Å². The Hall–Kier alpha value is -2.69. The number of carbonyl (C=O) groups is 1. The van der Waals surface area contributed by atoms with Gasteiger partial charge in [0.1, 0.15) is 6.04 Å². The topological polar surface area (TPSA) is 59.8 Å². The van der Waals surface area contributed by atoms with E-state index in [0.717, 1.165) is 22.2 Å². The largest absolute Gasteiger partial charge is 0.349 e. The first kappa shape index (κ1) is 14.3. The van der Waals surface area contributed by atoms with Gasteiger partial charge >= 0.3 is 0 Å². The number of pyridine rings is 1. The van der Waals surface area contributed by atoms with Crippen molar-refractivity contribution in [3.63, 3.8) is 0 Å². The van der Waals surface area contributed by atoms with Crippen LogP contribution in [0.1, 0.15) is 24.2 Å². The van der Waals surface area contributed by atoms with E-state index in [1.165, 1.54) is 0 Å². The molecule has 1 N–H and O–H groups in total. The SMILES string of the molecule is Cc1cnn([C@@H](C)C(=O)NCc2ccc3ccccc3n2)c1. The van der Waals surface area contributed by atoms with Crippen LogP contribution in [0.2, 0.25) is 0 Å². The zero-order valence-electron chi connectivity index (χ0n) is 12.7. The second-order valence-corrected chi connectivity index (χ2v) is 5.39. The number of rotatable bonds is 4. The van der Waals surface area contributed by atoms with Crippen LogP contribution < -0.4 is 5.32 Å². The van der Waals surface area contributed by atoms with E-state index < -0.39 is 0 Å². The number of nitrogens with one attached hydrogen (secondary N) is 1. The molecule has 0 fully saturated rings. The predicted octanol–water partition coefficient (Wildman–Crippen LogP) is 2.62. The van der Waals surface area contributed by atoms with Gasteiger partial charge in [-0.15, -0.1) is 0 Å². The summed E-state index contributed by atoms with van der Waals surface area (Å²) in [6.45, 7) is 4.19. The molecule has 5 heteroatoms. The minimum atomic E-state index is -0.339. The van der Waals surface area contributed by atoms with Gasteiger partial charge in [0.2, 0.25) is 5.91 Å². The summed E-state index contributed by atoms with van der Waals surface area (Å²) in [6, 6.07) is 11.5. The monoisotopic (exact) mass is 294 g/mol. The van der Waals surface area contributed by atoms with E-state index in [0.29, 0.717) is 6.54 Å². The van der Waals surface area contributed by atoms with E-state index in [9.17, 15) is 4.79 Å². The van der Waals surface area contributed by atoms with E-state index in [-0.39, 0.29) is 11.9 Å². The number of fused-ring (bicyclic) bond motifs is 1. The standard InChI is InChI=1S/C17H18N4O/c1-12-9-19-21(11-12)13(2)17(22)18-10-15-8-7-14-5-3-4-6-16(14)20-15/h3-9,11,13H,10H2,1-2H3,(H,18,22)/t13-/m0/s1. The molecule has 5 nitrogen and oxygen atoms in total. The molecule has 0 aliphatic carbocycles. The first-order valence-electron chi connectivity index (χ1n) is 7.26. The lowest BCUT2D eigenvalue weighted by Crippen LogP contribution is -2.31. The van der Waals surface area contributed by atoms with E-state index in [1.54, 1.807) is 10.9 Å². The van der Waals surface area contributed by atoms with Gasteiger partial charge in [0, 0.05) is 11.6 Å². The zero-order chi connectivity index (χ0) is 15.5. The fourth-order valence-corrected chi connectivity index (χ4v) is 2.30. The van der Waals surface area contributed by atoms with E-state index >= 15 is 0 Å². The molecule has 0 aliphatic rings. The summed E-state index contributed by atoms with van der Waals surface area (Å²) in [5.74, 6) is -0.0712. The van der Waals surface area contributed by atoms with Crippen LogP contribution in [0, 0.1) is 6.92 Å². The molecule has 3 rings (SSSR count). The summed E-state index contributed by atoms with van der Waals surface area (Å²) in [5.41, 5.74) is 2.82. The second kappa shape index (κ2) is 5.97. The summed E-state index contributed by atoms with van der Waals surface area (Å²) in [7, 11) is 0. The van der Waals surface area contributed by atoms with Crippen LogP contribution in [0.4, 0.5) is 0 Å². The summed E-state index contributed by atoms with van der Waals surface area (Å²) in [6.07, 6.45) is 3.60. The highest BCUT2D eigenvalue weighted by molar-refractivity contribution is 5.80. The van der Waals surface area contributed by atoms with Gasteiger partial charge in [-0.25, -0.2) is 0 Å². The molecule has 0 aliphatic heterocycles. The molecule has 0 saturated heterocycles. The van der Waals surface area contributed by atoms with Crippen LogP contribution in [0.25, 0.3) is 10.9 Å². The Bertz CT molecular complexity index is 809. The van der Waals surface area contributed by atoms with Crippen molar-refractivity contribution < 1.29 is 4.79 Å². The lowest BCUT2D eigenvalue weighted by Gasteiger charge is -2.12. The van der Waals surface area contributed by atoms with Gasteiger partial charge < -0.3 is 5.32 Å². The second-order valence-electron chi connectivity index (χ2n) is 5.39. The summed E-state index contributed by atoms with van der Waals surface area (Å²) < 4.78 is 1.67. The van der Waals surface area contributed by atoms with Crippen LogP contribution in [-0.2, 0) is 11.3 Å². The van der Waals surface area contributed by atoms with Crippen molar-refractivity contribution in [2.75, 3.05) is 0 Å². The highest BCUT2D eigenvalue weighted by Gasteiger charge is 2.15. The molecule has 1 amide bonds. The van der Waals surface area contributed by atoms with Gasteiger partial charge in [0.05, 0.1) is 24.0 Å². The minimum absolute atomic E-state index is 0.0712. The Morgan fingerprint density at radius 1 is 1.27 bits per heavy atom. The number of aromatic nitrogens is 3. The number of nitrogens with zero attached hydrogens (tertiary/aromatic N) is 3. The van der Waals surface area contributed by atoms with Crippen molar-refractivity contribution >= 4 is 16.8 Å². The summed E-state index contributed by atoms with van der Waals surface area (Å²) >= 11 is 0. The number of hydrogen-bond acceptors (Lipinski definition) is 3. The van der Waals surface area contributed by atoms with Gasteiger partial charge in [-0.2, -0.15) is 5.10 Å². The molecule has 0 unspecified atom stereocenters. The molecular formula is C17H18N4O. The Morgan fingerprint density at radius 2 is 2.09 bits per heavy atom. The zero-order valence-corrected chi connectivity index (χ0v) is 12.7. The smallest absolute Gasteiger partial charge is 0.244 e. The van der Waals surface area contributed by atoms with Gasteiger partial charge in [0.15, 0.2) is 0 Å². The highest BCUT2D eigenvalue weighted by atomic mass is 16.2. The number of carbonyl (C=O) groups excluding carboxylic acids is 1. The third kappa shape index (κ3) is 2.98. The van der Waals surface area contributed by atoms with E-state index in [4.69, 9.17) is 0 Å². The fraction of sp³-hybridized carbons (Fsp3) is 0.235. The Morgan fingerprint density at radius 3 is 2.86 bits per heavy atom. The van der Waals surface area contributed by atoms with Crippen molar-refractivity contribution in [2.24, 2.45) is 0 Å². The number of para-hydroxylation sites is 1. The van der Waals surface area contributed by atoms with Crippen LogP contribution in [-0.4, -0.2) is 20.7 Å². The average Bonchev–Trinajstić information content (AvgIpc) is 2.98. The lowest BCUT2D eigenvalue weighted by molar-refractivity contribution is -0.124. The molecule has 0 radical (unpaired) electrons. The molecule has 0 spiro atoms. The number of amides is 1. The molecule has 22 heavy (non-hydrogen) atoms. The normalized spacial score (nSPS) is 12.3. The molecule has 3 aromatic rings. The predicted molar refractivity (Wildman–Crippen MR) is 85.3 cm³/mol. The van der Waals surface area contributed by atoms with Gasteiger partial charge in [0.25, 0.3) is 0 Å². The summed E-state index contributed by atoms with van der Waals surface area (Å²) in [4.78, 5) is 16.7. The van der Waals surface area contributed by atoms with E-state index in [1.807, 2.05) is 56.4 Å². The fourth-order valence-electron chi connectivity index (χ4n) is 2.30. The van der Waals surface area contributed by atoms with Crippen LogP contribution >= 0.6 is 0 Å². The van der Waals surface area contributed by atoms with Gasteiger partial charge in [-0.05, 0) is 31.5 Å². The van der Waals surface area contributed by atoms with Gasteiger partial charge in [-0.1, -0.05) is 24.3 Å². The van der Waals surface area contributed by atoms with Gasteiger partial charge in [-0.3, -0.25) is 14.5 Å². The quantitative estimate of drug-likeness (QED) is 0.804. The highest BCUT2D eigenvalue weighted by Crippen LogP contribution is 2.12. The summed E-state index contributed by atoms with van der Waals surface area (Å²) in [5, 5.41) is 8.18. The van der Waals surface area contributed by atoms with Crippen molar-refractivity contribution in [2.45, 2.75) is 26.4 Å². The molecular weight excluding hydrogens is 276 g/mol. The van der Waals surface area contributed by atoms with Crippen LogP contribution in [0.15, 0.2) is 48.8 Å². The van der Waals surface area contributed by atoms with Crippen LogP contribution in [0.5, 0.6) is 0 Å². The molecule has 1 aromatic carbocycles. The third-order valence-corrected chi connectivity index (χ3v) is 3.61. The minimum Gasteiger partial charge on any atom is -0.349 e. The Labute approximate surface area is 129 Å². The Kier molecular flexibility index (Phi) is 3.87. The molecule has 112 valence electrons. The number of hydrogen-bond donors (Lipinski definition) is 1. The van der Waals surface area contributed by atoms with E-state index in [2.05, 4.69) is 15.4 Å². The molecule has 2 heterocycles. The maximum absolute atomic E-state index is 12.2. The number of aryl methyl sites for hydroxylation is 1. The first-order valence-corrected chi connectivity index (χ1v) is 7.26. The number of benzene rings is 1. The maximum Gasteiger partial charge on any atom is 0.244 e. The lowest BCUT2D eigenvalue weighted by atomic mass is 10.2. The van der Waals surface area contributed by atoms with Crippen molar-refractivity contribution in [1.29, 1.82) is 0 Å². The molecule has 0 saturated carbocycles.